The topological polar surface area (TPSA) is 29.3 Å². The molecule has 0 aromatic carbocycles. The van der Waals surface area contributed by atoms with Gasteiger partial charge in [-0.25, -0.2) is 0 Å². The second-order valence-corrected chi connectivity index (χ2v) is 5.66. The molecule has 2 rings (SSSR count). The van der Waals surface area contributed by atoms with Crippen molar-refractivity contribution in [2.24, 2.45) is 17.1 Å². The van der Waals surface area contributed by atoms with Crippen molar-refractivity contribution < 1.29 is 0 Å². The summed E-state index contributed by atoms with van der Waals surface area (Å²) in [5, 5.41) is 0. The molecule has 1 saturated carbocycles. The molecule has 1 heterocycles. The zero-order valence-corrected chi connectivity index (χ0v) is 9.63. The van der Waals surface area contributed by atoms with Crippen molar-refractivity contribution in [2.75, 3.05) is 19.6 Å². The normalized spacial score (nSPS) is 28.3. The van der Waals surface area contributed by atoms with Crippen LogP contribution in [0.5, 0.6) is 0 Å². The molecule has 2 N–H and O–H groups in total. The summed E-state index contributed by atoms with van der Waals surface area (Å²) in [5.41, 5.74) is 6.55. The molecular formula is C12H24N2. The van der Waals surface area contributed by atoms with Gasteiger partial charge in [-0.05, 0) is 24.2 Å². The molecule has 2 aliphatic rings. The van der Waals surface area contributed by atoms with Crippen molar-refractivity contribution in [3.63, 3.8) is 0 Å². The van der Waals surface area contributed by atoms with Crippen LogP contribution in [0.4, 0.5) is 0 Å². The molecule has 1 aliphatic carbocycles. The van der Waals surface area contributed by atoms with E-state index in [4.69, 9.17) is 5.73 Å². The summed E-state index contributed by atoms with van der Waals surface area (Å²) in [4.78, 5) is 2.61. The van der Waals surface area contributed by atoms with Crippen molar-refractivity contribution >= 4 is 0 Å². The minimum atomic E-state index is 0.626. The monoisotopic (exact) mass is 196 g/mol. The maximum absolute atomic E-state index is 5.83. The van der Waals surface area contributed by atoms with Crippen molar-refractivity contribution in [2.45, 2.75) is 45.6 Å². The smallest absolute Gasteiger partial charge is 0.0241 e. The van der Waals surface area contributed by atoms with Crippen LogP contribution in [0.1, 0.15) is 39.5 Å². The third kappa shape index (κ3) is 1.70. The Bertz CT molecular complexity index is 186. The van der Waals surface area contributed by atoms with E-state index in [1.165, 1.54) is 38.8 Å². The van der Waals surface area contributed by atoms with Crippen LogP contribution in [0.3, 0.4) is 0 Å². The summed E-state index contributed by atoms with van der Waals surface area (Å²) in [6.45, 7) is 8.06. The summed E-state index contributed by atoms with van der Waals surface area (Å²) in [6.07, 6.45) is 5.86. The van der Waals surface area contributed by atoms with E-state index in [9.17, 15) is 0 Å². The van der Waals surface area contributed by atoms with E-state index >= 15 is 0 Å². The van der Waals surface area contributed by atoms with Gasteiger partial charge >= 0.3 is 0 Å². The molecule has 14 heavy (non-hydrogen) atoms. The van der Waals surface area contributed by atoms with Gasteiger partial charge in [-0.15, -0.1) is 0 Å². The average molecular weight is 196 g/mol. The van der Waals surface area contributed by atoms with Gasteiger partial charge < -0.3 is 5.73 Å². The second kappa shape index (κ2) is 3.82. The molecule has 0 amide bonds. The lowest BCUT2D eigenvalue weighted by atomic mass is 9.76. The Morgan fingerprint density at radius 1 is 1.21 bits per heavy atom. The van der Waals surface area contributed by atoms with E-state index in [0.29, 0.717) is 12.0 Å². The zero-order valence-electron chi connectivity index (χ0n) is 9.63. The molecule has 1 unspecified atom stereocenters. The SMILES string of the molecule is CC(C)C(CN)N1CC2(CCCC2)C1. The lowest BCUT2D eigenvalue weighted by molar-refractivity contribution is -0.0371. The van der Waals surface area contributed by atoms with Gasteiger partial charge in [0.1, 0.15) is 0 Å². The molecular weight excluding hydrogens is 172 g/mol. The number of hydrogen-bond donors (Lipinski definition) is 1. The molecule has 1 aliphatic heterocycles. The zero-order chi connectivity index (χ0) is 10.2. The fourth-order valence-corrected chi connectivity index (χ4v) is 3.33. The third-order valence-corrected chi connectivity index (χ3v) is 4.22. The summed E-state index contributed by atoms with van der Waals surface area (Å²) in [7, 11) is 0. The minimum absolute atomic E-state index is 0.626. The highest BCUT2D eigenvalue weighted by molar-refractivity contribution is 5.00. The Kier molecular flexibility index (Phi) is 2.85. The number of nitrogens with two attached hydrogens (primary N) is 1. The molecule has 82 valence electrons. The van der Waals surface area contributed by atoms with Gasteiger partial charge in [-0.3, -0.25) is 4.90 Å². The van der Waals surface area contributed by atoms with E-state index in [1.807, 2.05) is 0 Å². The molecule has 1 atom stereocenters. The molecule has 2 nitrogen and oxygen atoms in total. The van der Waals surface area contributed by atoms with Crippen LogP contribution in [-0.4, -0.2) is 30.6 Å². The maximum atomic E-state index is 5.83. The highest BCUT2D eigenvalue weighted by Crippen LogP contribution is 2.46. The minimum Gasteiger partial charge on any atom is -0.329 e. The molecule has 2 heteroatoms. The first-order valence-corrected chi connectivity index (χ1v) is 6.11. The first-order chi connectivity index (χ1) is 6.67. The summed E-state index contributed by atoms with van der Waals surface area (Å²) < 4.78 is 0. The molecule has 0 bridgehead atoms. The Labute approximate surface area is 87.8 Å². The number of likely N-dealkylation sites (tertiary alicyclic amines) is 1. The van der Waals surface area contributed by atoms with E-state index < -0.39 is 0 Å². The van der Waals surface area contributed by atoms with Gasteiger partial charge in [0, 0.05) is 25.7 Å². The fourth-order valence-electron chi connectivity index (χ4n) is 3.33. The van der Waals surface area contributed by atoms with Gasteiger partial charge in [0.05, 0.1) is 0 Å². The van der Waals surface area contributed by atoms with E-state index in [0.717, 1.165) is 12.0 Å². The Morgan fingerprint density at radius 3 is 2.21 bits per heavy atom. The van der Waals surface area contributed by atoms with Gasteiger partial charge in [-0.2, -0.15) is 0 Å². The van der Waals surface area contributed by atoms with Crippen LogP contribution in [0, 0.1) is 11.3 Å². The molecule has 0 aromatic rings. The van der Waals surface area contributed by atoms with Crippen LogP contribution in [0.15, 0.2) is 0 Å². The van der Waals surface area contributed by atoms with Crippen molar-refractivity contribution in [3.8, 4) is 0 Å². The van der Waals surface area contributed by atoms with E-state index in [1.54, 1.807) is 0 Å². The first-order valence-electron chi connectivity index (χ1n) is 6.11. The van der Waals surface area contributed by atoms with Gasteiger partial charge in [-0.1, -0.05) is 26.7 Å². The van der Waals surface area contributed by atoms with Crippen LogP contribution in [0.25, 0.3) is 0 Å². The van der Waals surface area contributed by atoms with Gasteiger partial charge in [0.15, 0.2) is 0 Å². The average Bonchev–Trinajstić information content (AvgIpc) is 2.52. The summed E-state index contributed by atoms with van der Waals surface area (Å²) >= 11 is 0. The summed E-state index contributed by atoms with van der Waals surface area (Å²) in [5.74, 6) is 0.707. The quantitative estimate of drug-likeness (QED) is 0.746. The molecule has 0 radical (unpaired) electrons. The second-order valence-electron chi connectivity index (χ2n) is 5.66. The fraction of sp³-hybridized carbons (Fsp3) is 1.00. The van der Waals surface area contributed by atoms with E-state index in [2.05, 4.69) is 18.7 Å². The van der Waals surface area contributed by atoms with Crippen molar-refractivity contribution in [3.05, 3.63) is 0 Å². The molecule has 2 fully saturated rings. The van der Waals surface area contributed by atoms with Crippen LogP contribution < -0.4 is 5.73 Å². The number of rotatable bonds is 3. The van der Waals surface area contributed by atoms with Gasteiger partial charge in [0.2, 0.25) is 0 Å². The van der Waals surface area contributed by atoms with Crippen molar-refractivity contribution in [1.29, 1.82) is 0 Å². The highest BCUT2D eigenvalue weighted by Gasteiger charge is 2.46. The first kappa shape index (κ1) is 10.4. The Morgan fingerprint density at radius 2 is 1.79 bits per heavy atom. The third-order valence-electron chi connectivity index (χ3n) is 4.22. The maximum Gasteiger partial charge on any atom is 0.0241 e. The number of hydrogen-bond acceptors (Lipinski definition) is 2. The predicted octanol–water partition coefficient (Wildman–Crippen LogP) is 1.85. The highest BCUT2D eigenvalue weighted by atomic mass is 15.2. The van der Waals surface area contributed by atoms with Crippen molar-refractivity contribution in [1.82, 2.24) is 4.90 Å². The lowest BCUT2D eigenvalue weighted by Gasteiger charge is -2.52. The summed E-state index contributed by atoms with van der Waals surface area (Å²) in [6, 6.07) is 0.626. The number of nitrogens with zero attached hydrogens (tertiary/aromatic N) is 1. The Hall–Kier alpha value is -0.0800. The lowest BCUT2D eigenvalue weighted by Crippen LogP contribution is -2.61. The molecule has 1 saturated heterocycles. The standard InChI is InChI=1S/C12H24N2/c1-10(2)11(7-13)14-8-12(9-14)5-3-4-6-12/h10-11H,3-9,13H2,1-2H3. The molecule has 0 aromatic heterocycles. The van der Waals surface area contributed by atoms with E-state index in [-0.39, 0.29) is 0 Å². The molecule has 1 spiro atoms. The Balaban J connectivity index is 1.86. The van der Waals surface area contributed by atoms with Gasteiger partial charge in [0.25, 0.3) is 0 Å². The van der Waals surface area contributed by atoms with Crippen LogP contribution in [0.2, 0.25) is 0 Å². The predicted molar refractivity (Wildman–Crippen MR) is 60.2 cm³/mol. The van der Waals surface area contributed by atoms with Crippen LogP contribution >= 0.6 is 0 Å². The van der Waals surface area contributed by atoms with Crippen LogP contribution in [-0.2, 0) is 0 Å². The largest absolute Gasteiger partial charge is 0.329 e.